The van der Waals surface area contributed by atoms with Crippen LogP contribution in [0.2, 0.25) is 0 Å². The first-order chi connectivity index (χ1) is 18.2. The van der Waals surface area contributed by atoms with E-state index in [1.54, 1.807) is 36.4 Å². The molecule has 7 nitrogen and oxygen atoms in total. The van der Waals surface area contributed by atoms with Gasteiger partial charge in [-0.1, -0.05) is 68.4 Å². The fraction of sp³-hybridized carbons (Fsp3) is 0.333. The summed E-state index contributed by atoms with van der Waals surface area (Å²) in [5.41, 5.74) is 3.14. The van der Waals surface area contributed by atoms with E-state index in [4.69, 9.17) is 0 Å². The average molecular weight is 536 g/mol. The van der Waals surface area contributed by atoms with Gasteiger partial charge < -0.3 is 10.2 Å². The lowest BCUT2D eigenvalue weighted by Crippen LogP contribution is -2.52. The number of hydrogen-bond donors (Lipinski definition) is 1. The number of nitrogens with one attached hydrogen (secondary N) is 1. The van der Waals surface area contributed by atoms with Gasteiger partial charge in [0.1, 0.15) is 12.6 Å². The summed E-state index contributed by atoms with van der Waals surface area (Å²) in [4.78, 5) is 28.8. The molecule has 0 aromatic heterocycles. The van der Waals surface area contributed by atoms with Crippen LogP contribution in [0.1, 0.15) is 43.4 Å². The molecular formula is C30H37N3O4S. The Morgan fingerprint density at radius 1 is 0.895 bits per heavy atom. The molecule has 3 aromatic rings. The Kier molecular flexibility index (Phi) is 10.1. The predicted molar refractivity (Wildman–Crippen MR) is 151 cm³/mol. The fourth-order valence-electron chi connectivity index (χ4n) is 4.29. The second-order valence-corrected chi connectivity index (χ2v) is 11.2. The van der Waals surface area contributed by atoms with Crippen LogP contribution in [0.5, 0.6) is 0 Å². The van der Waals surface area contributed by atoms with Gasteiger partial charge in [-0.15, -0.1) is 0 Å². The first-order valence-corrected chi connectivity index (χ1v) is 14.4. The van der Waals surface area contributed by atoms with Gasteiger partial charge in [0.05, 0.1) is 10.6 Å². The second-order valence-electron chi connectivity index (χ2n) is 9.33. The van der Waals surface area contributed by atoms with Gasteiger partial charge in [0, 0.05) is 13.1 Å². The van der Waals surface area contributed by atoms with Crippen LogP contribution in [0.4, 0.5) is 5.69 Å². The van der Waals surface area contributed by atoms with Crippen molar-refractivity contribution in [3.63, 3.8) is 0 Å². The molecule has 0 bridgehead atoms. The van der Waals surface area contributed by atoms with Crippen molar-refractivity contribution in [2.75, 3.05) is 17.4 Å². The highest BCUT2D eigenvalue weighted by molar-refractivity contribution is 7.92. The Labute approximate surface area is 226 Å². The Morgan fingerprint density at radius 2 is 1.58 bits per heavy atom. The number of anilines is 1. The minimum atomic E-state index is -4.06. The summed E-state index contributed by atoms with van der Waals surface area (Å²) in [7, 11) is -4.06. The van der Waals surface area contributed by atoms with Crippen molar-refractivity contribution in [1.29, 1.82) is 0 Å². The zero-order valence-electron chi connectivity index (χ0n) is 22.6. The number of rotatable bonds is 12. The van der Waals surface area contributed by atoms with E-state index in [0.29, 0.717) is 18.7 Å². The second kappa shape index (κ2) is 13.2. The van der Waals surface area contributed by atoms with Crippen LogP contribution in [0.3, 0.4) is 0 Å². The number of aryl methyl sites for hydroxylation is 2. The summed E-state index contributed by atoms with van der Waals surface area (Å²) in [6.07, 6.45) is 1.16. The Balaban J connectivity index is 2.05. The predicted octanol–water partition coefficient (Wildman–Crippen LogP) is 4.83. The van der Waals surface area contributed by atoms with Gasteiger partial charge in [-0.3, -0.25) is 13.9 Å². The molecular weight excluding hydrogens is 498 g/mol. The largest absolute Gasteiger partial charge is 0.354 e. The number of hydrogen-bond acceptors (Lipinski definition) is 4. The third kappa shape index (κ3) is 7.01. The maximum Gasteiger partial charge on any atom is 0.264 e. The van der Waals surface area contributed by atoms with E-state index < -0.39 is 28.5 Å². The zero-order chi connectivity index (χ0) is 27.7. The lowest BCUT2D eigenvalue weighted by Gasteiger charge is -2.33. The molecule has 1 atom stereocenters. The van der Waals surface area contributed by atoms with E-state index in [9.17, 15) is 18.0 Å². The van der Waals surface area contributed by atoms with Crippen LogP contribution in [0.15, 0.2) is 83.8 Å². The molecule has 0 spiro atoms. The Hall–Kier alpha value is -3.65. The number of sulfonamides is 1. The van der Waals surface area contributed by atoms with Crippen LogP contribution in [0.25, 0.3) is 0 Å². The van der Waals surface area contributed by atoms with Gasteiger partial charge in [-0.05, 0) is 67.6 Å². The third-order valence-electron chi connectivity index (χ3n) is 6.44. The van der Waals surface area contributed by atoms with Crippen molar-refractivity contribution in [3.05, 3.63) is 95.6 Å². The van der Waals surface area contributed by atoms with Crippen molar-refractivity contribution in [1.82, 2.24) is 10.2 Å². The number of carbonyl (C=O) groups excluding carboxylic acids is 2. The molecule has 0 saturated heterocycles. The SMILES string of the molecule is CCCNC(=O)[C@H](CC)N(Cc1ccccc1C)C(=O)CN(c1cccc(C)c1)S(=O)(=O)c1ccccc1. The minimum absolute atomic E-state index is 0.0903. The number of benzene rings is 3. The summed E-state index contributed by atoms with van der Waals surface area (Å²) in [6, 6.07) is 22.1. The van der Waals surface area contributed by atoms with Gasteiger partial charge in [0.25, 0.3) is 10.0 Å². The van der Waals surface area contributed by atoms with E-state index in [1.165, 1.54) is 17.0 Å². The van der Waals surface area contributed by atoms with Crippen molar-refractivity contribution >= 4 is 27.5 Å². The van der Waals surface area contributed by atoms with Gasteiger partial charge in [-0.2, -0.15) is 0 Å². The highest BCUT2D eigenvalue weighted by atomic mass is 32.2. The first kappa shape index (κ1) is 28.9. The smallest absolute Gasteiger partial charge is 0.264 e. The quantitative estimate of drug-likeness (QED) is 0.360. The third-order valence-corrected chi connectivity index (χ3v) is 8.22. The highest BCUT2D eigenvalue weighted by Gasteiger charge is 2.33. The number of nitrogens with zero attached hydrogens (tertiary/aromatic N) is 2. The zero-order valence-corrected chi connectivity index (χ0v) is 23.4. The van der Waals surface area contributed by atoms with Gasteiger partial charge in [0.15, 0.2) is 0 Å². The van der Waals surface area contributed by atoms with Crippen LogP contribution in [-0.2, 0) is 26.2 Å². The normalized spacial score (nSPS) is 12.0. The van der Waals surface area contributed by atoms with Gasteiger partial charge in [-0.25, -0.2) is 8.42 Å². The Bertz CT molecular complexity index is 1340. The number of carbonyl (C=O) groups is 2. The molecule has 38 heavy (non-hydrogen) atoms. The standard InChI is InChI=1S/C30H37N3O4S/c1-5-19-31-30(35)28(6-2)32(21-25-15-11-10-14-24(25)4)29(34)22-33(26-16-12-13-23(3)20-26)38(36,37)27-17-8-7-9-18-27/h7-18,20,28H,5-6,19,21-22H2,1-4H3,(H,31,35)/t28-/m0/s1. The molecule has 0 radical (unpaired) electrons. The van der Waals surface area contributed by atoms with Crippen LogP contribution in [0, 0.1) is 13.8 Å². The maximum atomic E-state index is 14.0. The molecule has 0 fully saturated rings. The topological polar surface area (TPSA) is 86.8 Å². The summed E-state index contributed by atoms with van der Waals surface area (Å²) in [5, 5.41) is 2.90. The molecule has 0 unspecified atom stereocenters. The average Bonchev–Trinajstić information content (AvgIpc) is 2.91. The summed E-state index contributed by atoms with van der Waals surface area (Å²) in [6.45, 7) is 7.89. The molecule has 3 rings (SSSR count). The molecule has 0 saturated carbocycles. The fourth-order valence-corrected chi connectivity index (χ4v) is 5.72. The molecule has 8 heteroatoms. The van der Waals surface area contributed by atoms with Crippen molar-refractivity contribution in [3.8, 4) is 0 Å². The lowest BCUT2D eigenvalue weighted by atomic mass is 10.1. The molecule has 202 valence electrons. The number of amides is 2. The molecule has 0 heterocycles. The highest BCUT2D eigenvalue weighted by Crippen LogP contribution is 2.25. The lowest BCUT2D eigenvalue weighted by molar-refractivity contribution is -0.140. The van der Waals surface area contributed by atoms with E-state index in [1.807, 2.05) is 58.0 Å². The van der Waals surface area contributed by atoms with Crippen molar-refractivity contribution < 1.29 is 18.0 Å². The molecule has 2 amide bonds. The first-order valence-electron chi connectivity index (χ1n) is 12.9. The monoisotopic (exact) mass is 535 g/mol. The maximum absolute atomic E-state index is 14.0. The van der Waals surface area contributed by atoms with E-state index >= 15 is 0 Å². The van der Waals surface area contributed by atoms with E-state index in [0.717, 1.165) is 27.4 Å². The summed E-state index contributed by atoms with van der Waals surface area (Å²) >= 11 is 0. The van der Waals surface area contributed by atoms with Gasteiger partial charge in [0.2, 0.25) is 11.8 Å². The summed E-state index contributed by atoms with van der Waals surface area (Å²) in [5.74, 6) is -0.697. The Morgan fingerprint density at radius 3 is 2.21 bits per heavy atom. The van der Waals surface area contributed by atoms with Crippen molar-refractivity contribution in [2.24, 2.45) is 0 Å². The van der Waals surface area contributed by atoms with Crippen LogP contribution < -0.4 is 9.62 Å². The molecule has 0 aliphatic carbocycles. The molecule has 1 N–H and O–H groups in total. The summed E-state index contributed by atoms with van der Waals surface area (Å²) < 4.78 is 28.7. The van der Waals surface area contributed by atoms with E-state index in [2.05, 4.69) is 5.32 Å². The van der Waals surface area contributed by atoms with Crippen LogP contribution in [-0.4, -0.2) is 44.3 Å². The molecule has 3 aromatic carbocycles. The minimum Gasteiger partial charge on any atom is -0.354 e. The van der Waals surface area contributed by atoms with Gasteiger partial charge >= 0.3 is 0 Å². The van der Waals surface area contributed by atoms with E-state index in [-0.39, 0.29) is 17.3 Å². The molecule has 0 aliphatic heterocycles. The van der Waals surface area contributed by atoms with Crippen molar-refractivity contribution in [2.45, 2.75) is 58.0 Å². The molecule has 0 aliphatic rings. The van der Waals surface area contributed by atoms with Crippen LogP contribution >= 0.6 is 0 Å².